The molecule has 0 unspecified atom stereocenters. The van der Waals surface area contributed by atoms with Crippen molar-refractivity contribution in [2.24, 2.45) is 0 Å². The lowest BCUT2D eigenvalue weighted by molar-refractivity contribution is 0.0559. The average molecular weight is 299 g/mol. The number of ether oxygens (including phenoxy) is 1. The highest BCUT2D eigenvalue weighted by atomic mass is 35.5. The van der Waals surface area contributed by atoms with Gasteiger partial charge in [-0.25, -0.2) is 17.9 Å². The van der Waals surface area contributed by atoms with Crippen molar-refractivity contribution in [1.82, 2.24) is 10.0 Å². The summed E-state index contributed by atoms with van der Waals surface area (Å²) in [6.07, 6.45) is 0. The maximum Gasteiger partial charge on any atom is 0.374 e. The van der Waals surface area contributed by atoms with E-state index in [1.807, 2.05) is 0 Å². The Morgan fingerprint density at radius 1 is 1.39 bits per heavy atom. The molecule has 0 spiro atoms. The molecule has 0 radical (unpaired) electrons. The summed E-state index contributed by atoms with van der Waals surface area (Å²) in [6, 6.07) is 2.45. The van der Waals surface area contributed by atoms with Crippen LogP contribution in [0.25, 0.3) is 0 Å². The van der Waals surface area contributed by atoms with Gasteiger partial charge in [-0.2, -0.15) is 0 Å². The number of hydrogen-bond donors (Lipinski definition) is 2. The fraction of sp³-hybridized carbons (Fsp3) is 0.444. The van der Waals surface area contributed by atoms with Crippen LogP contribution in [0.15, 0.2) is 21.6 Å². The highest BCUT2D eigenvalue weighted by Gasteiger charge is 2.20. The average Bonchev–Trinajstić information content (AvgIpc) is 2.78. The highest BCUT2D eigenvalue weighted by molar-refractivity contribution is 7.89. The number of rotatable bonds is 6. The Kier molecular flexibility index (Phi) is 6.92. The standard InChI is InChI=1S/C9H14N2O5S.ClH/c1-10-5-6-11-17(13,14)8-4-3-7(16-8)9(12)15-2;/h3-4,10-11H,5-6H2,1-2H3;1H. The van der Waals surface area contributed by atoms with Crippen molar-refractivity contribution in [1.29, 1.82) is 0 Å². The van der Waals surface area contributed by atoms with Crippen LogP contribution in [0.1, 0.15) is 10.6 Å². The molecule has 0 saturated heterocycles. The number of halogens is 1. The molecule has 0 aromatic carbocycles. The molecule has 104 valence electrons. The molecule has 0 fully saturated rings. The van der Waals surface area contributed by atoms with Gasteiger partial charge in [0.1, 0.15) is 0 Å². The minimum atomic E-state index is -3.72. The zero-order chi connectivity index (χ0) is 12.9. The van der Waals surface area contributed by atoms with Gasteiger partial charge in [-0.05, 0) is 19.2 Å². The van der Waals surface area contributed by atoms with Crippen molar-refractivity contribution in [3.8, 4) is 0 Å². The van der Waals surface area contributed by atoms with Gasteiger partial charge in [-0.1, -0.05) is 0 Å². The van der Waals surface area contributed by atoms with E-state index in [9.17, 15) is 13.2 Å². The van der Waals surface area contributed by atoms with Crippen molar-refractivity contribution in [2.45, 2.75) is 5.09 Å². The van der Waals surface area contributed by atoms with Gasteiger partial charge >= 0.3 is 5.97 Å². The predicted octanol–water partition coefficient (Wildman–Crippen LogP) is -0.0143. The van der Waals surface area contributed by atoms with Gasteiger partial charge in [0.2, 0.25) is 10.9 Å². The normalized spacial score (nSPS) is 10.8. The van der Waals surface area contributed by atoms with Crippen LogP contribution in [0.2, 0.25) is 0 Å². The van der Waals surface area contributed by atoms with E-state index in [1.54, 1.807) is 7.05 Å². The number of nitrogens with one attached hydrogen (secondary N) is 2. The molecule has 0 amide bonds. The first-order valence-electron chi connectivity index (χ1n) is 4.83. The number of esters is 1. The summed E-state index contributed by atoms with van der Waals surface area (Å²) in [7, 11) is -0.828. The number of furan rings is 1. The van der Waals surface area contributed by atoms with Crippen LogP contribution in [0.3, 0.4) is 0 Å². The molecule has 9 heteroatoms. The summed E-state index contributed by atoms with van der Waals surface area (Å²) in [5.41, 5.74) is 0. The molecule has 7 nitrogen and oxygen atoms in total. The summed E-state index contributed by atoms with van der Waals surface area (Å²) in [6.45, 7) is 0.719. The molecule has 1 heterocycles. The molecule has 0 aliphatic carbocycles. The van der Waals surface area contributed by atoms with Gasteiger partial charge in [-0.15, -0.1) is 12.4 Å². The number of hydrogen-bond acceptors (Lipinski definition) is 6. The molecule has 0 saturated carbocycles. The number of carbonyl (C=O) groups excluding carboxylic acids is 1. The lowest BCUT2D eigenvalue weighted by Gasteiger charge is -2.02. The van der Waals surface area contributed by atoms with E-state index < -0.39 is 16.0 Å². The maximum absolute atomic E-state index is 11.6. The highest BCUT2D eigenvalue weighted by Crippen LogP contribution is 2.14. The first kappa shape index (κ1) is 16.9. The Balaban J connectivity index is 0.00000289. The smallest absolute Gasteiger partial charge is 0.374 e. The lowest BCUT2D eigenvalue weighted by atomic mass is 10.5. The largest absolute Gasteiger partial charge is 0.463 e. The van der Waals surface area contributed by atoms with Crippen molar-refractivity contribution in [2.75, 3.05) is 27.2 Å². The molecule has 1 rings (SSSR count). The van der Waals surface area contributed by atoms with Gasteiger partial charge in [0, 0.05) is 13.1 Å². The monoisotopic (exact) mass is 298 g/mol. The second-order valence-corrected chi connectivity index (χ2v) is 4.81. The molecule has 0 aliphatic rings. The molecular weight excluding hydrogens is 284 g/mol. The fourth-order valence-corrected chi connectivity index (χ4v) is 2.02. The summed E-state index contributed by atoms with van der Waals surface area (Å²) in [5.74, 6) is -0.872. The Labute approximate surface area is 111 Å². The van der Waals surface area contributed by atoms with Crippen LogP contribution < -0.4 is 10.0 Å². The second kappa shape index (κ2) is 7.37. The van der Waals surface area contributed by atoms with Crippen molar-refractivity contribution in [3.63, 3.8) is 0 Å². The molecule has 0 bridgehead atoms. The van der Waals surface area contributed by atoms with Crippen LogP contribution in [0.4, 0.5) is 0 Å². The van der Waals surface area contributed by atoms with E-state index in [0.717, 1.165) is 0 Å². The van der Waals surface area contributed by atoms with E-state index in [2.05, 4.69) is 14.8 Å². The molecule has 18 heavy (non-hydrogen) atoms. The van der Waals surface area contributed by atoms with Crippen LogP contribution in [-0.2, 0) is 14.8 Å². The third-order valence-electron chi connectivity index (χ3n) is 1.90. The van der Waals surface area contributed by atoms with E-state index in [-0.39, 0.29) is 29.8 Å². The van der Waals surface area contributed by atoms with E-state index >= 15 is 0 Å². The molecule has 1 aromatic heterocycles. The van der Waals surface area contributed by atoms with Gasteiger partial charge < -0.3 is 14.5 Å². The summed E-state index contributed by atoms with van der Waals surface area (Å²) >= 11 is 0. The minimum absolute atomic E-state index is 0. The molecule has 1 aromatic rings. The molecular formula is C9H15ClN2O5S. The first-order valence-corrected chi connectivity index (χ1v) is 6.32. The number of sulfonamides is 1. The summed E-state index contributed by atoms with van der Waals surface area (Å²) < 4.78 is 34.9. The first-order chi connectivity index (χ1) is 8.01. The quantitative estimate of drug-likeness (QED) is 0.566. The lowest BCUT2D eigenvalue weighted by Crippen LogP contribution is -2.30. The van der Waals surface area contributed by atoms with Crippen LogP contribution in [0.5, 0.6) is 0 Å². The second-order valence-electron chi connectivity index (χ2n) is 3.11. The zero-order valence-corrected chi connectivity index (χ0v) is 11.6. The topological polar surface area (TPSA) is 97.6 Å². The van der Waals surface area contributed by atoms with Gasteiger partial charge in [0.25, 0.3) is 10.0 Å². The van der Waals surface area contributed by atoms with Crippen molar-refractivity contribution < 1.29 is 22.4 Å². The van der Waals surface area contributed by atoms with Gasteiger partial charge in [-0.3, -0.25) is 0 Å². The Hall–Kier alpha value is -1.09. The number of methoxy groups -OCH3 is 1. The van der Waals surface area contributed by atoms with Crippen LogP contribution in [0, 0.1) is 0 Å². The van der Waals surface area contributed by atoms with E-state index in [4.69, 9.17) is 4.42 Å². The van der Waals surface area contributed by atoms with Crippen molar-refractivity contribution >= 4 is 28.4 Å². The van der Waals surface area contributed by atoms with E-state index in [1.165, 1.54) is 19.2 Å². The third-order valence-corrected chi connectivity index (χ3v) is 3.23. The Morgan fingerprint density at radius 3 is 2.61 bits per heavy atom. The number of carbonyl (C=O) groups is 1. The van der Waals surface area contributed by atoms with E-state index in [0.29, 0.717) is 6.54 Å². The molecule has 2 N–H and O–H groups in total. The zero-order valence-electron chi connectivity index (χ0n) is 9.93. The van der Waals surface area contributed by atoms with Crippen LogP contribution in [-0.4, -0.2) is 41.6 Å². The summed E-state index contributed by atoms with van der Waals surface area (Å²) in [4.78, 5) is 11.1. The third kappa shape index (κ3) is 4.30. The molecule has 0 atom stereocenters. The Morgan fingerprint density at radius 2 is 2.06 bits per heavy atom. The van der Waals surface area contributed by atoms with Gasteiger partial charge in [0.15, 0.2) is 0 Å². The SMILES string of the molecule is CNCCNS(=O)(=O)c1ccc(C(=O)OC)o1.Cl. The molecule has 0 aliphatic heterocycles. The predicted molar refractivity (Wildman–Crippen MR) is 66.4 cm³/mol. The van der Waals surface area contributed by atoms with Gasteiger partial charge in [0.05, 0.1) is 7.11 Å². The van der Waals surface area contributed by atoms with Crippen LogP contribution >= 0.6 is 12.4 Å². The fourth-order valence-electron chi connectivity index (χ4n) is 1.06. The minimum Gasteiger partial charge on any atom is -0.463 e. The van der Waals surface area contributed by atoms with Crippen molar-refractivity contribution in [3.05, 3.63) is 17.9 Å². The summed E-state index contributed by atoms with van der Waals surface area (Å²) in [5, 5.41) is 2.48. The number of likely N-dealkylation sites (N-methyl/N-ethyl adjacent to an activating group) is 1. The maximum atomic E-state index is 11.6. The Bertz CT molecular complexity index is 485.